The van der Waals surface area contributed by atoms with E-state index < -0.39 is 5.91 Å². The van der Waals surface area contributed by atoms with Gasteiger partial charge >= 0.3 is 0 Å². The summed E-state index contributed by atoms with van der Waals surface area (Å²) in [7, 11) is 1.98. The predicted octanol–water partition coefficient (Wildman–Crippen LogP) is 1.23. The van der Waals surface area contributed by atoms with E-state index in [2.05, 4.69) is 4.90 Å². The first-order chi connectivity index (χ1) is 9.08. The van der Waals surface area contributed by atoms with E-state index in [4.69, 9.17) is 16.2 Å². The molecule has 0 spiro atoms. The average Bonchev–Trinajstić information content (AvgIpc) is 2.39. The van der Waals surface area contributed by atoms with Gasteiger partial charge < -0.3 is 21.1 Å². The Morgan fingerprint density at radius 3 is 2.74 bits per heavy atom. The molecule has 5 heteroatoms. The van der Waals surface area contributed by atoms with Crippen molar-refractivity contribution in [3.8, 4) is 0 Å². The van der Waals surface area contributed by atoms with Crippen LogP contribution in [-0.2, 0) is 4.74 Å². The summed E-state index contributed by atoms with van der Waals surface area (Å²) in [5.74, 6) is 0.151. The molecule has 0 aromatic heterocycles. The maximum Gasteiger partial charge on any atom is 0.250 e. The van der Waals surface area contributed by atoms with Crippen molar-refractivity contribution in [2.24, 2.45) is 11.7 Å². The number of nitrogens with zero attached hydrogens (tertiary/aromatic N) is 1. The maximum absolute atomic E-state index is 11.5. The summed E-state index contributed by atoms with van der Waals surface area (Å²) in [6, 6.07) is 5.29. The Bertz CT molecular complexity index is 456. The van der Waals surface area contributed by atoms with Crippen LogP contribution in [-0.4, -0.2) is 32.7 Å². The van der Waals surface area contributed by atoms with E-state index in [1.54, 1.807) is 12.1 Å². The van der Waals surface area contributed by atoms with Gasteiger partial charge in [-0.05, 0) is 37.0 Å². The van der Waals surface area contributed by atoms with E-state index >= 15 is 0 Å². The molecule has 0 aliphatic carbocycles. The molecule has 1 heterocycles. The highest BCUT2D eigenvalue weighted by molar-refractivity contribution is 5.99. The largest absolute Gasteiger partial charge is 0.399 e. The SMILES string of the molecule is CN(CC1CCOCC1)c1ccc(N)cc1C(N)=O. The fraction of sp³-hybridized carbons (Fsp3) is 0.500. The summed E-state index contributed by atoms with van der Waals surface area (Å²) < 4.78 is 5.36. The van der Waals surface area contributed by atoms with Gasteiger partial charge in [-0.2, -0.15) is 0 Å². The van der Waals surface area contributed by atoms with Crippen LogP contribution in [0.4, 0.5) is 11.4 Å². The molecule has 0 unspecified atom stereocenters. The molecule has 1 aromatic carbocycles. The molecule has 104 valence electrons. The van der Waals surface area contributed by atoms with Gasteiger partial charge in [-0.1, -0.05) is 0 Å². The monoisotopic (exact) mass is 263 g/mol. The Kier molecular flexibility index (Phi) is 4.27. The van der Waals surface area contributed by atoms with E-state index in [9.17, 15) is 4.79 Å². The van der Waals surface area contributed by atoms with Gasteiger partial charge in [0, 0.05) is 38.2 Å². The lowest BCUT2D eigenvalue weighted by Crippen LogP contribution is -2.31. The quantitative estimate of drug-likeness (QED) is 0.801. The minimum Gasteiger partial charge on any atom is -0.399 e. The molecular formula is C14H21N3O2. The number of nitrogen functional groups attached to an aromatic ring is 1. The third-order valence-corrected chi connectivity index (χ3v) is 3.57. The van der Waals surface area contributed by atoms with Crippen LogP contribution in [0.15, 0.2) is 18.2 Å². The molecule has 1 saturated heterocycles. The number of benzene rings is 1. The Hall–Kier alpha value is -1.75. The van der Waals surface area contributed by atoms with Gasteiger partial charge in [-0.3, -0.25) is 4.79 Å². The van der Waals surface area contributed by atoms with E-state index in [1.807, 2.05) is 13.1 Å². The molecule has 2 rings (SSSR count). The third-order valence-electron chi connectivity index (χ3n) is 3.57. The number of rotatable bonds is 4. The maximum atomic E-state index is 11.5. The lowest BCUT2D eigenvalue weighted by molar-refractivity contribution is 0.0685. The van der Waals surface area contributed by atoms with E-state index in [-0.39, 0.29) is 0 Å². The summed E-state index contributed by atoms with van der Waals surface area (Å²) in [5.41, 5.74) is 13.0. The summed E-state index contributed by atoms with van der Waals surface area (Å²) in [4.78, 5) is 13.6. The molecule has 19 heavy (non-hydrogen) atoms. The molecule has 1 aromatic rings. The first-order valence-electron chi connectivity index (χ1n) is 6.56. The van der Waals surface area contributed by atoms with Gasteiger partial charge in [0.25, 0.3) is 5.91 Å². The lowest BCUT2D eigenvalue weighted by Gasteiger charge is -2.29. The van der Waals surface area contributed by atoms with Gasteiger partial charge in [0.2, 0.25) is 0 Å². The normalized spacial score (nSPS) is 16.3. The van der Waals surface area contributed by atoms with Gasteiger partial charge in [-0.25, -0.2) is 0 Å². The van der Waals surface area contributed by atoms with Crippen LogP contribution in [0.3, 0.4) is 0 Å². The van der Waals surface area contributed by atoms with Crippen LogP contribution in [0.5, 0.6) is 0 Å². The van der Waals surface area contributed by atoms with Gasteiger partial charge in [-0.15, -0.1) is 0 Å². The summed E-state index contributed by atoms with van der Waals surface area (Å²) in [5, 5.41) is 0. The molecule has 4 N–H and O–H groups in total. The second-order valence-corrected chi connectivity index (χ2v) is 5.08. The number of hydrogen-bond donors (Lipinski definition) is 2. The number of hydrogen-bond acceptors (Lipinski definition) is 4. The van der Waals surface area contributed by atoms with Crippen molar-refractivity contribution in [3.63, 3.8) is 0 Å². The van der Waals surface area contributed by atoms with E-state index in [1.165, 1.54) is 0 Å². The molecule has 0 radical (unpaired) electrons. The summed E-state index contributed by atoms with van der Waals surface area (Å²) in [6.07, 6.45) is 2.12. The Labute approximate surface area is 113 Å². The summed E-state index contributed by atoms with van der Waals surface area (Å²) in [6.45, 7) is 2.54. The third kappa shape index (κ3) is 3.38. The number of nitrogens with two attached hydrogens (primary N) is 2. The minimum absolute atomic E-state index is 0.443. The van der Waals surface area contributed by atoms with Crippen molar-refractivity contribution < 1.29 is 9.53 Å². The molecule has 1 aliphatic rings. The molecule has 0 saturated carbocycles. The first-order valence-corrected chi connectivity index (χ1v) is 6.56. The summed E-state index contributed by atoms with van der Waals surface area (Å²) >= 11 is 0. The molecule has 0 atom stereocenters. The van der Waals surface area contributed by atoms with Crippen molar-refractivity contribution in [2.75, 3.05) is 37.4 Å². The topological polar surface area (TPSA) is 81.6 Å². The molecular weight excluding hydrogens is 242 g/mol. The number of anilines is 2. The van der Waals surface area contributed by atoms with Crippen molar-refractivity contribution in [1.82, 2.24) is 0 Å². The smallest absolute Gasteiger partial charge is 0.250 e. The predicted molar refractivity (Wildman–Crippen MR) is 76.2 cm³/mol. The fourth-order valence-electron chi connectivity index (χ4n) is 2.50. The van der Waals surface area contributed by atoms with Crippen molar-refractivity contribution in [3.05, 3.63) is 23.8 Å². The van der Waals surface area contributed by atoms with E-state index in [0.29, 0.717) is 17.2 Å². The van der Waals surface area contributed by atoms with Crippen molar-refractivity contribution in [1.29, 1.82) is 0 Å². The van der Waals surface area contributed by atoms with Crippen LogP contribution >= 0.6 is 0 Å². The van der Waals surface area contributed by atoms with Crippen LogP contribution in [0.25, 0.3) is 0 Å². The second kappa shape index (κ2) is 5.93. The highest BCUT2D eigenvalue weighted by Crippen LogP contribution is 2.24. The molecule has 5 nitrogen and oxygen atoms in total. The lowest BCUT2D eigenvalue weighted by atomic mass is 9.99. The van der Waals surface area contributed by atoms with E-state index in [0.717, 1.165) is 38.3 Å². The number of primary amides is 1. The van der Waals surface area contributed by atoms with Crippen LogP contribution in [0, 0.1) is 5.92 Å². The second-order valence-electron chi connectivity index (χ2n) is 5.08. The molecule has 1 fully saturated rings. The Morgan fingerprint density at radius 2 is 2.11 bits per heavy atom. The number of amides is 1. The minimum atomic E-state index is -0.443. The van der Waals surface area contributed by atoms with Crippen molar-refractivity contribution >= 4 is 17.3 Å². The molecule has 1 amide bonds. The average molecular weight is 263 g/mol. The number of ether oxygens (including phenoxy) is 1. The zero-order chi connectivity index (χ0) is 13.8. The Morgan fingerprint density at radius 1 is 1.42 bits per heavy atom. The fourth-order valence-corrected chi connectivity index (χ4v) is 2.50. The molecule has 0 bridgehead atoms. The van der Waals surface area contributed by atoms with Gasteiger partial charge in [0.15, 0.2) is 0 Å². The molecule has 1 aliphatic heterocycles. The zero-order valence-corrected chi connectivity index (χ0v) is 11.3. The zero-order valence-electron chi connectivity index (χ0n) is 11.3. The van der Waals surface area contributed by atoms with Crippen molar-refractivity contribution in [2.45, 2.75) is 12.8 Å². The van der Waals surface area contributed by atoms with Crippen LogP contribution in [0.1, 0.15) is 23.2 Å². The Balaban J connectivity index is 2.13. The van der Waals surface area contributed by atoms with Crippen LogP contribution < -0.4 is 16.4 Å². The first kappa shape index (κ1) is 13.7. The standard InChI is InChI=1S/C14H21N3O2/c1-17(9-10-4-6-19-7-5-10)13-3-2-11(15)8-12(13)14(16)18/h2-3,8,10H,4-7,9,15H2,1H3,(H2,16,18). The highest BCUT2D eigenvalue weighted by Gasteiger charge is 2.18. The number of carbonyl (C=O) groups is 1. The number of carbonyl (C=O) groups excluding carboxylic acids is 1. The highest BCUT2D eigenvalue weighted by atomic mass is 16.5. The van der Waals surface area contributed by atoms with Gasteiger partial charge in [0.05, 0.1) is 5.56 Å². The van der Waals surface area contributed by atoms with Gasteiger partial charge in [0.1, 0.15) is 0 Å². The van der Waals surface area contributed by atoms with Crippen LogP contribution in [0.2, 0.25) is 0 Å².